The van der Waals surface area contributed by atoms with Crippen LogP contribution in [0.3, 0.4) is 0 Å². The largest absolute Gasteiger partial charge is 0.345 e. The van der Waals surface area contributed by atoms with Gasteiger partial charge in [-0.05, 0) is 55.8 Å². The minimum Gasteiger partial charge on any atom is -0.345 e. The number of thiophene rings is 1. The van der Waals surface area contributed by atoms with E-state index in [0.29, 0.717) is 0 Å². The maximum absolute atomic E-state index is 12.2. The lowest BCUT2D eigenvalue weighted by atomic mass is 10.00. The van der Waals surface area contributed by atoms with Crippen LogP contribution in [0.15, 0.2) is 29.6 Å². The van der Waals surface area contributed by atoms with E-state index in [9.17, 15) is 4.79 Å². The second-order valence-electron chi connectivity index (χ2n) is 4.99. The molecule has 2 nitrogen and oxygen atoms in total. The molecule has 0 spiro atoms. The monoisotopic (exact) mass is 273 g/mol. The molecular formula is C16H19NOS. The Morgan fingerprint density at radius 1 is 1.16 bits per heavy atom. The van der Waals surface area contributed by atoms with Gasteiger partial charge in [-0.15, -0.1) is 11.3 Å². The topological polar surface area (TPSA) is 29.1 Å². The predicted molar refractivity (Wildman–Crippen MR) is 80.9 cm³/mol. The number of carbonyl (C=O) groups excluding carboxylic acids is 1. The van der Waals surface area contributed by atoms with Crippen molar-refractivity contribution in [2.75, 3.05) is 0 Å². The SMILES string of the molecule is Cc1ccc(C)c([C@H](C)NC(=O)c2sccc2C)c1. The van der Waals surface area contributed by atoms with Crippen LogP contribution in [-0.4, -0.2) is 5.91 Å². The molecule has 2 aromatic rings. The molecule has 3 heteroatoms. The Morgan fingerprint density at radius 2 is 1.89 bits per heavy atom. The lowest BCUT2D eigenvalue weighted by molar-refractivity contribution is 0.0943. The molecule has 1 atom stereocenters. The van der Waals surface area contributed by atoms with Gasteiger partial charge in [0.25, 0.3) is 5.91 Å². The molecule has 0 aliphatic heterocycles. The Labute approximate surface area is 118 Å². The van der Waals surface area contributed by atoms with Crippen LogP contribution in [-0.2, 0) is 0 Å². The summed E-state index contributed by atoms with van der Waals surface area (Å²) in [5.74, 6) is 0.0147. The van der Waals surface area contributed by atoms with Crippen LogP contribution in [0, 0.1) is 20.8 Å². The van der Waals surface area contributed by atoms with Crippen LogP contribution in [0.25, 0.3) is 0 Å². The van der Waals surface area contributed by atoms with Crippen LogP contribution in [0.2, 0.25) is 0 Å². The number of benzene rings is 1. The molecule has 0 aliphatic rings. The van der Waals surface area contributed by atoms with Gasteiger partial charge in [-0.2, -0.15) is 0 Å². The van der Waals surface area contributed by atoms with E-state index in [1.807, 2.05) is 25.3 Å². The van der Waals surface area contributed by atoms with E-state index in [1.165, 1.54) is 28.0 Å². The van der Waals surface area contributed by atoms with Gasteiger partial charge in [0.05, 0.1) is 10.9 Å². The molecule has 0 fully saturated rings. The van der Waals surface area contributed by atoms with Crippen LogP contribution in [0.4, 0.5) is 0 Å². The molecule has 0 saturated heterocycles. The zero-order valence-electron chi connectivity index (χ0n) is 11.8. The molecule has 19 heavy (non-hydrogen) atoms. The summed E-state index contributed by atoms with van der Waals surface area (Å²) in [6, 6.07) is 8.33. The molecule has 0 saturated carbocycles. The molecular weight excluding hydrogens is 254 g/mol. The standard InChI is InChI=1S/C16H19NOS/c1-10-5-6-11(2)14(9-10)13(4)17-16(18)15-12(3)7-8-19-15/h5-9,13H,1-4H3,(H,17,18)/t13-/m0/s1. The summed E-state index contributed by atoms with van der Waals surface area (Å²) in [6.45, 7) is 8.14. The summed E-state index contributed by atoms with van der Waals surface area (Å²) in [5, 5.41) is 5.03. The van der Waals surface area contributed by atoms with Gasteiger partial charge in [-0.3, -0.25) is 4.79 Å². The maximum Gasteiger partial charge on any atom is 0.262 e. The summed E-state index contributed by atoms with van der Waals surface area (Å²) in [6.07, 6.45) is 0. The zero-order chi connectivity index (χ0) is 14.0. The van der Waals surface area contributed by atoms with E-state index in [-0.39, 0.29) is 11.9 Å². The first-order chi connectivity index (χ1) is 8.99. The van der Waals surface area contributed by atoms with Crippen molar-refractivity contribution < 1.29 is 4.79 Å². The molecule has 1 heterocycles. The van der Waals surface area contributed by atoms with E-state index in [2.05, 4.69) is 37.4 Å². The molecule has 1 aromatic carbocycles. The van der Waals surface area contributed by atoms with Crippen molar-refractivity contribution in [1.82, 2.24) is 5.32 Å². The molecule has 1 N–H and O–H groups in total. The molecule has 100 valence electrons. The number of carbonyl (C=O) groups is 1. The van der Waals surface area contributed by atoms with Crippen LogP contribution in [0.1, 0.15) is 44.9 Å². The van der Waals surface area contributed by atoms with E-state index in [1.54, 1.807) is 0 Å². The third-order valence-electron chi connectivity index (χ3n) is 3.32. The van der Waals surface area contributed by atoms with Crippen molar-refractivity contribution in [3.8, 4) is 0 Å². The third-order valence-corrected chi connectivity index (χ3v) is 4.33. The van der Waals surface area contributed by atoms with Gasteiger partial charge in [0.15, 0.2) is 0 Å². The van der Waals surface area contributed by atoms with Crippen molar-refractivity contribution in [1.29, 1.82) is 0 Å². The van der Waals surface area contributed by atoms with E-state index < -0.39 is 0 Å². The van der Waals surface area contributed by atoms with E-state index in [4.69, 9.17) is 0 Å². The lowest BCUT2D eigenvalue weighted by Crippen LogP contribution is -2.26. The summed E-state index contributed by atoms with van der Waals surface area (Å²) >= 11 is 1.49. The second-order valence-corrected chi connectivity index (χ2v) is 5.90. The molecule has 2 rings (SSSR count). The smallest absolute Gasteiger partial charge is 0.262 e. The Kier molecular flexibility index (Phi) is 4.05. The fourth-order valence-corrected chi connectivity index (χ4v) is 3.00. The van der Waals surface area contributed by atoms with Gasteiger partial charge in [-0.25, -0.2) is 0 Å². The minimum absolute atomic E-state index is 0.0147. The summed E-state index contributed by atoms with van der Waals surface area (Å²) in [7, 11) is 0. The number of amides is 1. The van der Waals surface area contributed by atoms with Gasteiger partial charge < -0.3 is 5.32 Å². The van der Waals surface area contributed by atoms with Crippen LogP contribution < -0.4 is 5.32 Å². The van der Waals surface area contributed by atoms with Crippen molar-refractivity contribution in [3.63, 3.8) is 0 Å². The van der Waals surface area contributed by atoms with Crippen LogP contribution in [0.5, 0.6) is 0 Å². The van der Waals surface area contributed by atoms with E-state index in [0.717, 1.165) is 10.4 Å². The van der Waals surface area contributed by atoms with Crippen molar-refractivity contribution in [2.45, 2.75) is 33.7 Å². The summed E-state index contributed by atoms with van der Waals surface area (Å²) < 4.78 is 0. The fourth-order valence-electron chi connectivity index (χ4n) is 2.17. The third kappa shape index (κ3) is 3.04. The normalized spacial score (nSPS) is 12.2. The number of hydrogen-bond donors (Lipinski definition) is 1. The first kappa shape index (κ1) is 13.8. The molecule has 0 bridgehead atoms. The van der Waals surface area contributed by atoms with Gasteiger partial charge in [0.2, 0.25) is 0 Å². The van der Waals surface area contributed by atoms with Crippen molar-refractivity contribution >= 4 is 17.2 Å². The van der Waals surface area contributed by atoms with Gasteiger partial charge in [0.1, 0.15) is 0 Å². The molecule has 1 amide bonds. The van der Waals surface area contributed by atoms with Crippen LogP contribution >= 0.6 is 11.3 Å². The second kappa shape index (κ2) is 5.57. The Bertz CT molecular complexity index is 601. The average molecular weight is 273 g/mol. The minimum atomic E-state index is 0.0147. The Morgan fingerprint density at radius 3 is 2.53 bits per heavy atom. The van der Waals surface area contributed by atoms with Gasteiger partial charge in [-0.1, -0.05) is 23.8 Å². The number of rotatable bonds is 3. The highest BCUT2D eigenvalue weighted by Crippen LogP contribution is 2.21. The summed E-state index contributed by atoms with van der Waals surface area (Å²) in [4.78, 5) is 13.0. The first-order valence-corrected chi connectivity index (χ1v) is 7.29. The highest BCUT2D eigenvalue weighted by Gasteiger charge is 2.15. The maximum atomic E-state index is 12.2. The number of nitrogens with one attached hydrogen (secondary N) is 1. The summed E-state index contributed by atoms with van der Waals surface area (Å²) in [5.41, 5.74) is 4.65. The molecule has 0 unspecified atom stereocenters. The molecule has 1 aromatic heterocycles. The number of hydrogen-bond acceptors (Lipinski definition) is 2. The van der Waals surface area contributed by atoms with Crippen molar-refractivity contribution in [3.05, 3.63) is 56.8 Å². The molecule has 0 aliphatic carbocycles. The first-order valence-electron chi connectivity index (χ1n) is 6.41. The fraction of sp³-hybridized carbons (Fsp3) is 0.312. The Hall–Kier alpha value is -1.61. The van der Waals surface area contributed by atoms with E-state index >= 15 is 0 Å². The predicted octanol–water partition coefficient (Wildman–Crippen LogP) is 4.16. The zero-order valence-corrected chi connectivity index (χ0v) is 12.6. The van der Waals surface area contributed by atoms with Gasteiger partial charge in [0, 0.05) is 0 Å². The Balaban J connectivity index is 2.17. The average Bonchev–Trinajstić information content (AvgIpc) is 2.78. The highest BCUT2D eigenvalue weighted by molar-refractivity contribution is 7.12. The quantitative estimate of drug-likeness (QED) is 0.893. The lowest BCUT2D eigenvalue weighted by Gasteiger charge is -2.17. The van der Waals surface area contributed by atoms with Gasteiger partial charge >= 0.3 is 0 Å². The molecule has 0 radical (unpaired) electrons. The highest BCUT2D eigenvalue weighted by atomic mass is 32.1. The number of aryl methyl sites for hydroxylation is 3. The van der Waals surface area contributed by atoms with Crippen molar-refractivity contribution in [2.24, 2.45) is 0 Å².